The summed E-state index contributed by atoms with van der Waals surface area (Å²) in [6.45, 7) is 2.49. The Labute approximate surface area is 136 Å². The average Bonchev–Trinajstić information content (AvgIpc) is 2.42. The maximum Gasteiger partial charge on any atom is 0.259 e. The quantitative estimate of drug-likeness (QED) is 0.620. The minimum absolute atomic E-state index is 0.0787. The molecular weight excluding hydrogens is 387 g/mol. The maximum atomic E-state index is 12.7. The van der Waals surface area contributed by atoms with Crippen LogP contribution in [0.5, 0.6) is 0 Å². The highest BCUT2D eigenvalue weighted by atomic mass is 127. The lowest BCUT2D eigenvalue weighted by molar-refractivity contribution is 0.0987. The zero-order chi connectivity index (χ0) is 14.7. The summed E-state index contributed by atoms with van der Waals surface area (Å²) in [5, 5.41) is 0.553. The molecule has 0 aliphatic rings. The van der Waals surface area contributed by atoms with E-state index in [2.05, 4.69) is 22.6 Å². The molecule has 0 aromatic heterocycles. The average molecular weight is 401 g/mol. The molecular formula is C15H14ClIN2O. The van der Waals surface area contributed by atoms with Gasteiger partial charge < -0.3 is 10.6 Å². The van der Waals surface area contributed by atoms with Gasteiger partial charge >= 0.3 is 0 Å². The number of nitrogens with two attached hydrogens (primary N) is 1. The molecule has 0 radical (unpaired) electrons. The summed E-state index contributed by atoms with van der Waals surface area (Å²) < 4.78 is 0.874. The molecule has 0 unspecified atom stereocenters. The summed E-state index contributed by atoms with van der Waals surface area (Å²) in [5.41, 5.74) is 7.80. The Balaban J connectivity index is 2.41. The van der Waals surface area contributed by atoms with Crippen LogP contribution in [0.1, 0.15) is 17.3 Å². The Morgan fingerprint density at radius 3 is 2.70 bits per heavy atom. The van der Waals surface area contributed by atoms with Gasteiger partial charge in [0.25, 0.3) is 5.91 Å². The number of benzene rings is 2. The lowest BCUT2D eigenvalue weighted by atomic mass is 10.1. The predicted octanol–water partition coefficient (Wildman–Crippen LogP) is 4.19. The van der Waals surface area contributed by atoms with E-state index in [0.29, 0.717) is 22.8 Å². The van der Waals surface area contributed by atoms with Crippen LogP contribution in [0.3, 0.4) is 0 Å². The molecule has 0 aliphatic carbocycles. The SMILES string of the molecule is CCN(C(=O)c1cc(Cl)ccc1I)c1cccc(N)c1. The van der Waals surface area contributed by atoms with Gasteiger partial charge in [0.15, 0.2) is 0 Å². The molecule has 1 amide bonds. The third-order valence-electron chi connectivity index (χ3n) is 2.90. The molecule has 0 aliphatic heterocycles. The van der Waals surface area contributed by atoms with Crippen LogP contribution >= 0.6 is 34.2 Å². The van der Waals surface area contributed by atoms with Crippen LogP contribution in [0, 0.1) is 3.57 Å². The first-order chi connectivity index (χ1) is 9.52. The molecule has 5 heteroatoms. The number of amides is 1. The lowest BCUT2D eigenvalue weighted by Gasteiger charge is -2.22. The van der Waals surface area contributed by atoms with Gasteiger partial charge in [-0.2, -0.15) is 0 Å². The molecule has 2 N–H and O–H groups in total. The van der Waals surface area contributed by atoms with Gasteiger partial charge in [-0.05, 0) is 65.9 Å². The van der Waals surface area contributed by atoms with Gasteiger partial charge in [-0.15, -0.1) is 0 Å². The van der Waals surface area contributed by atoms with E-state index in [9.17, 15) is 4.79 Å². The first kappa shape index (κ1) is 15.1. The topological polar surface area (TPSA) is 46.3 Å². The fraction of sp³-hybridized carbons (Fsp3) is 0.133. The van der Waals surface area contributed by atoms with Gasteiger partial charge in [0.2, 0.25) is 0 Å². The normalized spacial score (nSPS) is 10.3. The van der Waals surface area contributed by atoms with E-state index in [4.69, 9.17) is 17.3 Å². The van der Waals surface area contributed by atoms with Crippen molar-refractivity contribution in [3.05, 3.63) is 56.6 Å². The first-order valence-corrected chi connectivity index (χ1v) is 7.61. The van der Waals surface area contributed by atoms with Gasteiger partial charge in [-0.3, -0.25) is 4.79 Å². The van der Waals surface area contributed by atoms with Crippen molar-refractivity contribution in [1.29, 1.82) is 0 Å². The largest absolute Gasteiger partial charge is 0.399 e. The standard InChI is InChI=1S/C15H14ClIN2O/c1-2-19(12-5-3-4-11(18)9-12)15(20)13-8-10(16)6-7-14(13)17/h3-9H,2,18H2,1H3. The molecule has 0 atom stereocenters. The molecule has 2 rings (SSSR count). The number of anilines is 2. The van der Waals surface area contributed by atoms with Crippen LogP contribution < -0.4 is 10.6 Å². The fourth-order valence-corrected chi connectivity index (χ4v) is 2.68. The molecule has 2 aromatic rings. The minimum atomic E-state index is -0.0787. The number of nitrogens with zero attached hydrogens (tertiary/aromatic N) is 1. The number of rotatable bonds is 3. The second-order valence-corrected chi connectivity index (χ2v) is 5.87. The molecule has 104 valence electrons. The highest BCUT2D eigenvalue weighted by Crippen LogP contribution is 2.24. The number of carbonyl (C=O) groups is 1. The van der Waals surface area contributed by atoms with E-state index in [0.717, 1.165) is 9.26 Å². The van der Waals surface area contributed by atoms with Crippen LogP contribution in [0.25, 0.3) is 0 Å². The van der Waals surface area contributed by atoms with Gasteiger partial charge in [0.05, 0.1) is 5.56 Å². The predicted molar refractivity (Wildman–Crippen MR) is 92.4 cm³/mol. The molecule has 2 aromatic carbocycles. The van der Waals surface area contributed by atoms with Crippen molar-refractivity contribution in [2.24, 2.45) is 0 Å². The lowest BCUT2D eigenvalue weighted by Crippen LogP contribution is -2.31. The van der Waals surface area contributed by atoms with Crippen molar-refractivity contribution in [2.75, 3.05) is 17.2 Å². The van der Waals surface area contributed by atoms with Crippen LogP contribution in [0.15, 0.2) is 42.5 Å². The van der Waals surface area contributed by atoms with Gasteiger partial charge in [0, 0.05) is 26.5 Å². The van der Waals surface area contributed by atoms with Gasteiger partial charge in [0.1, 0.15) is 0 Å². The van der Waals surface area contributed by atoms with Gasteiger partial charge in [-0.25, -0.2) is 0 Å². The zero-order valence-electron chi connectivity index (χ0n) is 10.9. The van der Waals surface area contributed by atoms with E-state index in [1.165, 1.54) is 0 Å². The Morgan fingerprint density at radius 1 is 1.30 bits per heavy atom. The van der Waals surface area contributed by atoms with Crippen molar-refractivity contribution in [3.63, 3.8) is 0 Å². The van der Waals surface area contributed by atoms with Crippen LogP contribution in [0.2, 0.25) is 5.02 Å². The molecule has 0 heterocycles. The van der Waals surface area contributed by atoms with E-state index in [1.807, 2.05) is 25.1 Å². The Bertz CT molecular complexity index is 646. The molecule has 20 heavy (non-hydrogen) atoms. The number of hydrogen-bond donors (Lipinski definition) is 1. The molecule has 0 fully saturated rings. The molecule has 0 saturated carbocycles. The number of carbonyl (C=O) groups excluding carboxylic acids is 1. The van der Waals surface area contributed by atoms with E-state index in [-0.39, 0.29) is 5.91 Å². The van der Waals surface area contributed by atoms with E-state index < -0.39 is 0 Å². The van der Waals surface area contributed by atoms with Crippen molar-refractivity contribution < 1.29 is 4.79 Å². The molecule has 3 nitrogen and oxygen atoms in total. The van der Waals surface area contributed by atoms with Crippen molar-refractivity contribution in [2.45, 2.75) is 6.92 Å². The monoisotopic (exact) mass is 400 g/mol. The Kier molecular flexibility index (Phi) is 4.88. The summed E-state index contributed by atoms with van der Waals surface area (Å²) in [4.78, 5) is 14.4. The molecule has 0 saturated heterocycles. The highest BCUT2D eigenvalue weighted by molar-refractivity contribution is 14.1. The summed E-state index contributed by atoms with van der Waals surface area (Å²) >= 11 is 8.12. The van der Waals surface area contributed by atoms with E-state index >= 15 is 0 Å². The van der Waals surface area contributed by atoms with Crippen molar-refractivity contribution in [3.8, 4) is 0 Å². The van der Waals surface area contributed by atoms with Crippen LogP contribution in [-0.4, -0.2) is 12.5 Å². The Hall–Kier alpha value is -1.27. The van der Waals surface area contributed by atoms with E-state index in [1.54, 1.807) is 29.2 Å². The fourth-order valence-electron chi connectivity index (χ4n) is 1.94. The zero-order valence-corrected chi connectivity index (χ0v) is 13.9. The van der Waals surface area contributed by atoms with Crippen molar-refractivity contribution >= 4 is 51.5 Å². The number of hydrogen-bond acceptors (Lipinski definition) is 2. The smallest absolute Gasteiger partial charge is 0.259 e. The van der Waals surface area contributed by atoms with Gasteiger partial charge in [-0.1, -0.05) is 17.7 Å². The summed E-state index contributed by atoms with van der Waals surface area (Å²) in [5.74, 6) is -0.0787. The minimum Gasteiger partial charge on any atom is -0.399 e. The summed E-state index contributed by atoms with van der Waals surface area (Å²) in [6, 6.07) is 12.6. The maximum absolute atomic E-state index is 12.7. The number of halogens is 2. The number of nitrogen functional groups attached to an aromatic ring is 1. The molecule has 0 spiro atoms. The summed E-state index contributed by atoms with van der Waals surface area (Å²) in [6.07, 6.45) is 0. The summed E-state index contributed by atoms with van der Waals surface area (Å²) in [7, 11) is 0. The molecule has 0 bridgehead atoms. The van der Waals surface area contributed by atoms with Crippen molar-refractivity contribution in [1.82, 2.24) is 0 Å². The van der Waals surface area contributed by atoms with Crippen LogP contribution in [0.4, 0.5) is 11.4 Å². The second kappa shape index (κ2) is 6.45. The Morgan fingerprint density at radius 2 is 2.05 bits per heavy atom. The third-order valence-corrected chi connectivity index (χ3v) is 4.08. The third kappa shape index (κ3) is 3.24. The van der Waals surface area contributed by atoms with Crippen LogP contribution in [-0.2, 0) is 0 Å². The second-order valence-electron chi connectivity index (χ2n) is 4.27. The first-order valence-electron chi connectivity index (χ1n) is 6.15. The highest BCUT2D eigenvalue weighted by Gasteiger charge is 2.19.